The highest BCUT2D eigenvalue weighted by molar-refractivity contribution is 9.08. The molecule has 0 amide bonds. The van der Waals surface area contributed by atoms with E-state index in [1.54, 1.807) is 29.4 Å². The monoisotopic (exact) mass is 281 g/mol. The van der Waals surface area contributed by atoms with Gasteiger partial charge in [-0.3, -0.25) is 10.1 Å². The van der Waals surface area contributed by atoms with Gasteiger partial charge in [0, 0.05) is 29.9 Å². The zero-order valence-corrected chi connectivity index (χ0v) is 9.79. The molecule has 0 saturated carbocycles. The molecule has 1 aromatic carbocycles. The van der Waals surface area contributed by atoms with Crippen molar-refractivity contribution in [2.45, 2.75) is 5.33 Å². The van der Waals surface area contributed by atoms with Crippen LogP contribution in [0.1, 0.15) is 5.56 Å². The summed E-state index contributed by atoms with van der Waals surface area (Å²) in [6.07, 6.45) is 5.01. The van der Waals surface area contributed by atoms with Gasteiger partial charge in [-0.15, -0.1) is 0 Å². The fourth-order valence-corrected chi connectivity index (χ4v) is 1.89. The second-order valence-corrected chi connectivity index (χ2v) is 3.73. The van der Waals surface area contributed by atoms with Gasteiger partial charge >= 0.3 is 0 Å². The SMILES string of the molecule is O=[N+]([O-])c1ccc(CBr)c(-n2ccnc2)c1. The van der Waals surface area contributed by atoms with Crippen molar-refractivity contribution in [3.05, 3.63) is 52.6 Å². The summed E-state index contributed by atoms with van der Waals surface area (Å²) in [6.45, 7) is 0. The fourth-order valence-electron chi connectivity index (χ4n) is 1.42. The molecule has 2 aromatic rings. The average molecular weight is 282 g/mol. The second kappa shape index (κ2) is 4.44. The summed E-state index contributed by atoms with van der Waals surface area (Å²) < 4.78 is 1.75. The first-order chi connectivity index (χ1) is 7.72. The fraction of sp³-hybridized carbons (Fsp3) is 0.100. The molecule has 82 valence electrons. The summed E-state index contributed by atoms with van der Waals surface area (Å²) in [7, 11) is 0. The number of imidazole rings is 1. The Morgan fingerprint density at radius 2 is 2.31 bits per heavy atom. The summed E-state index contributed by atoms with van der Waals surface area (Å²) in [5, 5.41) is 11.3. The van der Waals surface area contributed by atoms with Crippen LogP contribution in [-0.2, 0) is 5.33 Å². The third-order valence-electron chi connectivity index (χ3n) is 2.21. The van der Waals surface area contributed by atoms with E-state index in [-0.39, 0.29) is 5.69 Å². The van der Waals surface area contributed by atoms with Crippen molar-refractivity contribution in [3.63, 3.8) is 0 Å². The van der Waals surface area contributed by atoms with Gasteiger partial charge in [0.15, 0.2) is 0 Å². The predicted octanol–water partition coefficient (Wildman–Crippen LogP) is 2.68. The molecule has 0 radical (unpaired) electrons. The molecule has 5 nitrogen and oxygen atoms in total. The van der Waals surface area contributed by atoms with Gasteiger partial charge in [-0.2, -0.15) is 0 Å². The first kappa shape index (κ1) is 10.8. The zero-order chi connectivity index (χ0) is 11.5. The van der Waals surface area contributed by atoms with Crippen molar-refractivity contribution in [3.8, 4) is 5.69 Å². The number of aromatic nitrogens is 2. The van der Waals surface area contributed by atoms with E-state index >= 15 is 0 Å². The molecule has 0 aliphatic rings. The second-order valence-electron chi connectivity index (χ2n) is 3.17. The third-order valence-corrected chi connectivity index (χ3v) is 2.81. The number of rotatable bonds is 3. The first-order valence-electron chi connectivity index (χ1n) is 4.54. The molecule has 0 unspecified atom stereocenters. The number of non-ortho nitro benzene ring substituents is 1. The molecule has 16 heavy (non-hydrogen) atoms. The Bertz CT molecular complexity index is 511. The molecule has 0 bridgehead atoms. The minimum absolute atomic E-state index is 0.0772. The molecule has 2 rings (SSSR count). The lowest BCUT2D eigenvalue weighted by Crippen LogP contribution is -1.98. The third kappa shape index (κ3) is 1.96. The van der Waals surface area contributed by atoms with Crippen LogP contribution in [0.2, 0.25) is 0 Å². The summed E-state index contributed by atoms with van der Waals surface area (Å²) in [5.74, 6) is 0. The van der Waals surface area contributed by atoms with Gasteiger partial charge in [-0.05, 0) is 11.6 Å². The van der Waals surface area contributed by atoms with Crippen LogP contribution >= 0.6 is 15.9 Å². The normalized spacial score (nSPS) is 10.3. The Balaban J connectivity index is 2.56. The Kier molecular flexibility index (Phi) is 3.00. The highest BCUT2D eigenvalue weighted by Crippen LogP contribution is 2.23. The number of alkyl halides is 1. The Morgan fingerprint density at radius 3 is 2.88 bits per heavy atom. The van der Waals surface area contributed by atoms with Crippen molar-refractivity contribution < 1.29 is 4.92 Å². The highest BCUT2D eigenvalue weighted by atomic mass is 79.9. The molecule has 0 N–H and O–H groups in total. The topological polar surface area (TPSA) is 61.0 Å². The highest BCUT2D eigenvalue weighted by Gasteiger charge is 2.11. The van der Waals surface area contributed by atoms with Crippen molar-refractivity contribution in [2.75, 3.05) is 0 Å². The van der Waals surface area contributed by atoms with E-state index < -0.39 is 4.92 Å². The van der Waals surface area contributed by atoms with Gasteiger partial charge in [0.1, 0.15) is 0 Å². The number of nitro groups is 1. The van der Waals surface area contributed by atoms with Crippen LogP contribution in [0.4, 0.5) is 5.69 Å². The molecule has 0 aliphatic carbocycles. The summed E-state index contributed by atoms with van der Waals surface area (Å²) in [5.41, 5.74) is 1.82. The van der Waals surface area contributed by atoms with E-state index in [2.05, 4.69) is 20.9 Å². The summed E-state index contributed by atoms with van der Waals surface area (Å²) in [6, 6.07) is 4.78. The predicted molar refractivity (Wildman–Crippen MR) is 62.8 cm³/mol. The molecular formula is C10H8BrN3O2. The van der Waals surface area contributed by atoms with Gasteiger partial charge in [0.25, 0.3) is 5.69 Å². The van der Waals surface area contributed by atoms with Crippen LogP contribution in [0.3, 0.4) is 0 Å². The minimum atomic E-state index is -0.404. The van der Waals surface area contributed by atoms with Gasteiger partial charge in [-0.1, -0.05) is 15.9 Å². The maximum atomic E-state index is 10.7. The van der Waals surface area contributed by atoms with Gasteiger partial charge in [0.05, 0.1) is 16.9 Å². The number of hydrogen-bond donors (Lipinski definition) is 0. The molecule has 0 aliphatic heterocycles. The Labute approximate surface area is 100 Å². The minimum Gasteiger partial charge on any atom is -0.306 e. The van der Waals surface area contributed by atoms with Crippen molar-refractivity contribution in [1.82, 2.24) is 9.55 Å². The van der Waals surface area contributed by atoms with Gasteiger partial charge < -0.3 is 4.57 Å². The van der Waals surface area contributed by atoms with Gasteiger partial charge in [0.2, 0.25) is 0 Å². The lowest BCUT2D eigenvalue weighted by molar-refractivity contribution is -0.384. The van der Waals surface area contributed by atoms with Crippen LogP contribution in [0, 0.1) is 10.1 Å². The van der Waals surface area contributed by atoms with Gasteiger partial charge in [-0.25, -0.2) is 4.98 Å². The number of nitro benzene ring substituents is 1. The van der Waals surface area contributed by atoms with E-state index in [4.69, 9.17) is 0 Å². The number of benzene rings is 1. The van der Waals surface area contributed by atoms with E-state index in [1.807, 2.05) is 0 Å². The average Bonchev–Trinajstić information content (AvgIpc) is 2.81. The molecule has 0 spiro atoms. The van der Waals surface area contributed by atoms with E-state index in [0.29, 0.717) is 5.33 Å². The molecule has 0 saturated heterocycles. The quantitative estimate of drug-likeness (QED) is 0.494. The van der Waals surface area contributed by atoms with Crippen molar-refractivity contribution in [2.24, 2.45) is 0 Å². The van der Waals surface area contributed by atoms with Crippen LogP contribution in [-0.4, -0.2) is 14.5 Å². The maximum absolute atomic E-state index is 10.7. The van der Waals surface area contributed by atoms with E-state index in [1.165, 1.54) is 12.1 Å². The molecule has 0 fully saturated rings. The zero-order valence-electron chi connectivity index (χ0n) is 8.21. The molecule has 6 heteroatoms. The largest absolute Gasteiger partial charge is 0.306 e. The molecular weight excluding hydrogens is 274 g/mol. The Hall–Kier alpha value is -1.69. The lowest BCUT2D eigenvalue weighted by atomic mass is 10.2. The van der Waals surface area contributed by atoms with Crippen LogP contribution in [0.5, 0.6) is 0 Å². The molecule has 0 atom stereocenters. The van der Waals surface area contributed by atoms with E-state index in [9.17, 15) is 10.1 Å². The summed E-state index contributed by atoms with van der Waals surface area (Å²) >= 11 is 3.35. The molecule has 1 heterocycles. The smallest absolute Gasteiger partial charge is 0.271 e. The lowest BCUT2D eigenvalue weighted by Gasteiger charge is -2.07. The Morgan fingerprint density at radius 1 is 1.50 bits per heavy atom. The first-order valence-corrected chi connectivity index (χ1v) is 5.66. The van der Waals surface area contributed by atoms with Crippen LogP contribution in [0.15, 0.2) is 36.9 Å². The molecule has 1 aromatic heterocycles. The maximum Gasteiger partial charge on any atom is 0.271 e. The number of halogens is 1. The number of hydrogen-bond acceptors (Lipinski definition) is 3. The standard InChI is InChI=1S/C10H8BrN3O2/c11-6-8-1-2-9(14(15)16)5-10(8)13-4-3-12-7-13/h1-5,7H,6H2. The van der Waals surface area contributed by atoms with Crippen molar-refractivity contribution >= 4 is 21.6 Å². The van der Waals surface area contributed by atoms with Crippen LogP contribution in [0.25, 0.3) is 5.69 Å². The van der Waals surface area contributed by atoms with Crippen molar-refractivity contribution in [1.29, 1.82) is 0 Å². The number of nitrogens with zero attached hydrogens (tertiary/aromatic N) is 3. The van der Waals surface area contributed by atoms with Crippen LogP contribution < -0.4 is 0 Å². The summed E-state index contributed by atoms with van der Waals surface area (Å²) in [4.78, 5) is 14.2. The van der Waals surface area contributed by atoms with E-state index in [0.717, 1.165) is 11.3 Å².